The van der Waals surface area contributed by atoms with E-state index in [0.29, 0.717) is 0 Å². The minimum Gasteiger partial charge on any atom is -0.480 e. The van der Waals surface area contributed by atoms with Crippen molar-refractivity contribution >= 4 is 11.9 Å². The van der Waals surface area contributed by atoms with Gasteiger partial charge >= 0.3 is 11.9 Å². The second kappa shape index (κ2) is 7.78. The molecule has 21 heavy (non-hydrogen) atoms. The zero-order valence-electron chi connectivity index (χ0n) is 12.7. The van der Waals surface area contributed by atoms with Gasteiger partial charge in [0.25, 0.3) is 0 Å². The maximum atomic E-state index is 12.1. The number of carboxylic acid groups (broad SMARTS) is 1. The van der Waals surface area contributed by atoms with Crippen molar-refractivity contribution in [2.24, 2.45) is 11.3 Å². The van der Waals surface area contributed by atoms with Crippen molar-refractivity contribution in [2.75, 3.05) is 13.2 Å². The summed E-state index contributed by atoms with van der Waals surface area (Å²) < 4.78 is 10.4. The van der Waals surface area contributed by atoms with E-state index in [1.807, 2.05) is 30.3 Å². The summed E-state index contributed by atoms with van der Waals surface area (Å²) in [5, 5.41) is 9.51. The molecule has 0 aliphatic rings. The van der Waals surface area contributed by atoms with Gasteiger partial charge in [0.1, 0.15) is 0 Å². The molecule has 0 fully saturated rings. The first-order valence-electron chi connectivity index (χ1n) is 6.97. The van der Waals surface area contributed by atoms with Crippen molar-refractivity contribution < 1.29 is 24.2 Å². The van der Waals surface area contributed by atoms with Crippen LogP contribution in [0.2, 0.25) is 0 Å². The number of carboxylic acids is 1. The molecule has 0 amide bonds. The smallest absolute Gasteiger partial charge is 0.326 e. The summed E-state index contributed by atoms with van der Waals surface area (Å²) >= 11 is 0. The number of rotatable bonds is 8. The third-order valence-corrected chi connectivity index (χ3v) is 3.45. The van der Waals surface area contributed by atoms with Crippen molar-refractivity contribution in [3.05, 3.63) is 35.9 Å². The largest absolute Gasteiger partial charge is 0.480 e. The van der Waals surface area contributed by atoms with Crippen LogP contribution in [-0.4, -0.2) is 30.3 Å². The lowest BCUT2D eigenvalue weighted by Gasteiger charge is -2.30. The van der Waals surface area contributed by atoms with Crippen LogP contribution in [-0.2, 0) is 25.7 Å². The summed E-state index contributed by atoms with van der Waals surface area (Å²) in [6.45, 7) is 5.18. The van der Waals surface area contributed by atoms with E-state index in [0.717, 1.165) is 5.56 Å². The molecule has 0 radical (unpaired) electrons. The maximum Gasteiger partial charge on any atom is 0.326 e. The number of hydrogen-bond acceptors (Lipinski definition) is 4. The highest BCUT2D eigenvalue weighted by atomic mass is 16.5. The molecule has 0 aliphatic carbocycles. The highest BCUT2D eigenvalue weighted by molar-refractivity contribution is 5.99. The molecule has 0 bridgehead atoms. The monoisotopic (exact) mass is 294 g/mol. The topological polar surface area (TPSA) is 72.8 Å². The molecule has 1 N–H and O–H groups in total. The lowest BCUT2D eigenvalue weighted by Crippen LogP contribution is -2.48. The van der Waals surface area contributed by atoms with E-state index < -0.39 is 23.3 Å². The first kappa shape index (κ1) is 17.2. The van der Waals surface area contributed by atoms with Gasteiger partial charge in [0, 0.05) is 0 Å². The molecule has 5 nitrogen and oxygen atoms in total. The first-order chi connectivity index (χ1) is 9.95. The quantitative estimate of drug-likeness (QED) is 0.589. The van der Waals surface area contributed by atoms with Gasteiger partial charge in [-0.05, 0) is 18.4 Å². The van der Waals surface area contributed by atoms with Crippen molar-refractivity contribution in [1.82, 2.24) is 0 Å². The van der Waals surface area contributed by atoms with Crippen LogP contribution in [0.4, 0.5) is 0 Å². The molecule has 1 unspecified atom stereocenters. The number of carbonyl (C=O) groups excluding carboxylic acids is 1. The SMILES string of the molecule is CCOC(=O)C(COCc1ccccc1)(C(=O)O)C(C)C. The lowest BCUT2D eigenvalue weighted by molar-refractivity contribution is -0.178. The van der Waals surface area contributed by atoms with Crippen LogP contribution in [0.25, 0.3) is 0 Å². The molecule has 0 aromatic heterocycles. The van der Waals surface area contributed by atoms with Crippen molar-refractivity contribution in [1.29, 1.82) is 0 Å². The van der Waals surface area contributed by atoms with E-state index in [2.05, 4.69) is 0 Å². The molecule has 1 aromatic rings. The van der Waals surface area contributed by atoms with Gasteiger partial charge < -0.3 is 14.6 Å². The molecule has 1 atom stereocenters. The Morgan fingerprint density at radius 1 is 1.24 bits per heavy atom. The average molecular weight is 294 g/mol. The van der Waals surface area contributed by atoms with Gasteiger partial charge in [-0.25, -0.2) is 0 Å². The molecule has 0 saturated carbocycles. The molecule has 0 spiro atoms. The Morgan fingerprint density at radius 3 is 2.33 bits per heavy atom. The predicted molar refractivity (Wildman–Crippen MR) is 77.6 cm³/mol. The van der Waals surface area contributed by atoms with Gasteiger partial charge in [0.15, 0.2) is 5.41 Å². The Hall–Kier alpha value is -1.88. The standard InChI is InChI=1S/C16H22O5/c1-4-21-15(19)16(12(2)3,14(17)18)11-20-10-13-8-6-5-7-9-13/h5-9,12H,4,10-11H2,1-3H3,(H,17,18). The van der Waals surface area contributed by atoms with Crippen molar-refractivity contribution in [3.63, 3.8) is 0 Å². The van der Waals surface area contributed by atoms with Crippen molar-refractivity contribution in [2.45, 2.75) is 27.4 Å². The summed E-state index contributed by atoms with van der Waals surface area (Å²) in [4.78, 5) is 23.7. The van der Waals surface area contributed by atoms with Crippen LogP contribution in [0.3, 0.4) is 0 Å². The van der Waals surface area contributed by atoms with E-state index in [9.17, 15) is 14.7 Å². The Morgan fingerprint density at radius 2 is 1.86 bits per heavy atom. The number of benzene rings is 1. The molecule has 0 heterocycles. The second-order valence-corrected chi connectivity index (χ2v) is 5.13. The summed E-state index contributed by atoms with van der Waals surface area (Å²) in [5.74, 6) is -2.41. The number of aliphatic carboxylic acids is 1. The molecule has 1 rings (SSSR count). The Labute approximate surface area is 124 Å². The van der Waals surface area contributed by atoms with E-state index in [1.54, 1.807) is 20.8 Å². The molecular formula is C16H22O5. The van der Waals surface area contributed by atoms with Crippen LogP contribution >= 0.6 is 0 Å². The normalized spacial score (nSPS) is 13.7. The Balaban J connectivity index is 2.82. The van der Waals surface area contributed by atoms with Gasteiger partial charge in [-0.3, -0.25) is 9.59 Å². The predicted octanol–water partition coefficient (Wildman–Crippen LogP) is 2.49. The molecule has 1 aromatic carbocycles. The number of esters is 1. The van der Waals surface area contributed by atoms with Crippen LogP contribution in [0.1, 0.15) is 26.3 Å². The third-order valence-electron chi connectivity index (χ3n) is 3.45. The van der Waals surface area contributed by atoms with Crippen LogP contribution < -0.4 is 0 Å². The van der Waals surface area contributed by atoms with Crippen molar-refractivity contribution in [3.8, 4) is 0 Å². The molecule has 116 valence electrons. The second-order valence-electron chi connectivity index (χ2n) is 5.13. The Kier molecular flexibility index (Phi) is 6.37. The Bertz CT molecular complexity index is 469. The zero-order valence-corrected chi connectivity index (χ0v) is 12.7. The van der Waals surface area contributed by atoms with Gasteiger partial charge in [0.2, 0.25) is 0 Å². The van der Waals surface area contributed by atoms with Gasteiger partial charge in [-0.1, -0.05) is 44.2 Å². The number of ether oxygens (including phenoxy) is 2. The van der Waals surface area contributed by atoms with E-state index in [1.165, 1.54) is 0 Å². The highest BCUT2D eigenvalue weighted by Gasteiger charge is 2.51. The van der Waals surface area contributed by atoms with Gasteiger partial charge in [0.05, 0.1) is 19.8 Å². The lowest BCUT2D eigenvalue weighted by atomic mass is 9.78. The summed E-state index contributed by atoms with van der Waals surface area (Å²) in [7, 11) is 0. The summed E-state index contributed by atoms with van der Waals surface area (Å²) in [6.07, 6.45) is 0. The van der Waals surface area contributed by atoms with E-state index in [-0.39, 0.29) is 19.8 Å². The van der Waals surface area contributed by atoms with Crippen LogP contribution in [0.5, 0.6) is 0 Å². The number of hydrogen-bond donors (Lipinski definition) is 1. The summed E-state index contributed by atoms with van der Waals surface area (Å²) in [6, 6.07) is 9.38. The van der Waals surface area contributed by atoms with Crippen LogP contribution in [0, 0.1) is 11.3 Å². The molecule has 5 heteroatoms. The number of carbonyl (C=O) groups is 2. The fourth-order valence-corrected chi connectivity index (χ4v) is 2.02. The molecule has 0 saturated heterocycles. The van der Waals surface area contributed by atoms with Gasteiger partial charge in [-0.15, -0.1) is 0 Å². The maximum absolute atomic E-state index is 12.1. The molecular weight excluding hydrogens is 272 g/mol. The minimum absolute atomic E-state index is 0.138. The highest BCUT2D eigenvalue weighted by Crippen LogP contribution is 2.31. The average Bonchev–Trinajstić information content (AvgIpc) is 2.44. The fourth-order valence-electron chi connectivity index (χ4n) is 2.02. The van der Waals surface area contributed by atoms with E-state index in [4.69, 9.17) is 9.47 Å². The van der Waals surface area contributed by atoms with Crippen LogP contribution in [0.15, 0.2) is 30.3 Å². The minimum atomic E-state index is -1.68. The van der Waals surface area contributed by atoms with E-state index >= 15 is 0 Å². The van der Waals surface area contributed by atoms with Gasteiger partial charge in [-0.2, -0.15) is 0 Å². The molecule has 0 aliphatic heterocycles. The summed E-state index contributed by atoms with van der Waals surface area (Å²) in [5.41, 5.74) is -0.755. The fraction of sp³-hybridized carbons (Fsp3) is 0.500. The zero-order chi connectivity index (χ0) is 15.9. The first-order valence-corrected chi connectivity index (χ1v) is 6.97. The third kappa shape index (κ3) is 4.04.